The van der Waals surface area contributed by atoms with E-state index in [0.717, 1.165) is 29.9 Å². The lowest BCUT2D eigenvalue weighted by Crippen LogP contribution is -2.14. The van der Waals surface area contributed by atoms with Crippen molar-refractivity contribution < 1.29 is 9.53 Å². The van der Waals surface area contributed by atoms with E-state index in [1.807, 2.05) is 39.0 Å². The number of carbonyl (C=O) groups is 1. The Bertz CT molecular complexity index is 603. The molecule has 2 rings (SSSR count). The van der Waals surface area contributed by atoms with Crippen molar-refractivity contribution in [2.24, 2.45) is 0 Å². The number of H-pyrrole nitrogens is 1. The van der Waals surface area contributed by atoms with E-state index in [4.69, 9.17) is 4.74 Å². The predicted octanol–water partition coefficient (Wildman–Crippen LogP) is 3.10. The number of carbonyl (C=O) groups excluding carboxylic acids is 1. The molecule has 0 amide bonds. The van der Waals surface area contributed by atoms with Crippen LogP contribution in [0.25, 0.3) is 0 Å². The Morgan fingerprint density at radius 3 is 2.57 bits per heavy atom. The van der Waals surface area contributed by atoms with Gasteiger partial charge in [0.05, 0.1) is 6.61 Å². The van der Waals surface area contributed by atoms with E-state index in [1.165, 1.54) is 5.56 Å². The van der Waals surface area contributed by atoms with Crippen LogP contribution in [0.5, 0.6) is 0 Å². The Kier molecular flexibility index (Phi) is 5.17. The molecule has 0 fully saturated rings. The fraction of sp³-hybridized carbons (Fsp3) is 0.353. The van der Waals surface area contributed by atoms with E-state index in [-0.39, 0.29) is 5.97 Å². The minimum Gasteiger partial charge on any atom is -0.461 e. The third-order valence-electron chi connectivity index (χ3n) is 3.55. The number of rotatable bonds is 6. The summed E-state index contributed by atoms with van der Waals surface area (Å²) in [5.41, 5.74) is 4.91. The molecule has 2 aromatic rings. The van der Waals surface area contributed by atoms with Gasteiger partial charge in [-0.15, -0.1) is 0 Å². The van der Waals surface area contributed by atoms with Crippen LogP contribution < -0.4 is 5.32 Å². The van der Waals surface area contributed by atoms with Crippen LogP contribution in [-0.4, -0.2) is 17.6 Å². The van der Waals surface area contributed by atoms with Crippen LogP contribution in [-0.2, 0) is 17.8 Å². The van der Waals surface area contributed by atoms with E-state index in [0.29, 0.717) is 12.3 Å². The summed E-state index contributed by atoms with van der Waals surface area (Å²) in [6, 6.07) is 10.3. The summed E-state index contributed by atoms with van der Waals surface area (Å²) in [7, 11) is 0. The van der Waals surface area contributed by atoms with Gasteiger partial charge in [0.1, 0.15) is 5.69 Å². The second kappa shape index (κ2) is 7.09. The maximum atomic E-state index is 11.9. The van der Waals surface area contributed by atoms with Gasteiger partial charge in [0.25, 0.3) is 0 Å². The number of benzene rings is 1. The van der Waals surface area contributed by atoms with Gasteiger partial charge >= 0.3 is 5.97 Å². The number of nitrogens with one attached hydrogen (secondary N) is 2. The molecule has 0 bridgehead atoms. The van der Waals surface area contributed by atoms with E-state index in [2.05, 4.69) is 22.4 Å². The Hall–Kier alpha value is -2.07. The first-order chi connectivity index (χ1) is 10.1. The standard InChI is InChI=1S/C17H22N2O2/c1-4-21-17(20)16-12(2)15(13(3)19-16)11-18-10-14-8-6-5-7-9-14/h5-9,18-19H,4,10-11H2,1-3H3. The molecule has 0 atom stereocenters. The lowest BCUT2D eigenvalue weighted by atomic mass is 10.1. The maximum absolute atomic E-state index is 11.9. The molecule has 0 saturated carbocycles. The van der Waals surface area contributed by atoms with Crippen LogP contribution in [0.15, 0.2) is 30.3 Å². The predicted molar refractivity (Wildman–Crippen MR) is 83.2 cm³/mol. The van der Waals surface area contributed by atoms with Crippen molar-refractivity contribution in [3.8, 4) is 0 Å². The first-order valence-electron chi connectivity index (χ1n) is 7.23. The fourth-order valence-corrected chi connectivity index (χ4v) is 2.39. The molecule has 0 aliphatic rings. The summed E-state index contributed by atoms with van der Waals surface area (Å²) in [6.45, 7) is 7.66. The summed E-state index contributed by atoms with van der Waals surface area (Å²) in [5, 5.41) is 3.41. The van der Waals surface area contributed by atoms with E-state index in [1.54, 1.807) is 0 Å². The molecule has 1 heterocycles. The number of aromatic nitrogens is 1. The third-order valence-corrected chi connectivity index (χ3v) is 3.55. The van der Waals surface area contributed by atoms with Gasteiger partial charge in [0, 0.05) is 18.8 Å². The second-order valence-corrected chi connectivity index (χ2v) is 5.04. The van der Waals surface area contributed by atoms with Gasteiger partial charge in [0.15, 0.2) is 0 Å². The minimum absolute atomic E-state index is 0.285. The summed E-state index contributed by atoms with van der Waals surface area (Å²) < 4.78 is 5.06. The SMILES string of the molecule is CCOC(=O)c1[nH]c(C)c(CNCc2ccccc2)c1C. The number of aromatic amines is 1. The average molecular weight is 286 g/mol. The van der Waals surface area contributed by atoms with Crippen molar-refractivity contribution in [2.75, 3.05) is 6.61 Å². The zero-order chi connectivity index (χ0) is 15.2. The van der Waals surface area contributed by atoms with Gasteiger partial charge in [-0.3, -0.25) is 0 Å². The largest absolute Gasteiger partial charge is 0.461 e. The normalized spacial score (nSPS) is 10.6. The summed E-state index contributed by atoms with van der Waals surface area (Å²) in [4.78, 5) is 15.0. The van der Waals surface area contributed by atoms with Crippen molar-refractivity contribution in [2.45, 2.75) is 33.9 Å². The minimum atomic E-state index is -0.285. The quantitative estimate of drug-likeness (QED) is 0.802. The topological polar surface area (TPSA) is 54.1 Å². The molecular weight excluding hydrogens is 264 g/mol. The molecule has 0 unspecified atom stereocenters. The second-order valence-electron chi connectivity index (χ2n) is 5.04. The molecule has 1 aromatic heterocycles. The highest BCUT2D eigenvalue weighted by molar-refractivity contribution is 5.89. The highest BCUT2D eigenvalue weighted by atomic mass is 16.5. The zero-order valence-electron chi connectivity index (χ0n) is 12.8. The zero-order valence-corrected chi connectivity index (χ0v) is 12.8. The van der Waals surface area contributed by atoms with Crippen LogP contribution in [0.3, 0.4) is 0 Å². The molecule has 2 N–H and O–H groups in total. The monoisotopic (exact) mass is 286 g/mol. The van der Waals surface area contributed by atoms with Gasteiger partial charge in [-0.25, -0.2) is 4.79 Å². The summed E-state index contributed by atoms with van der Waals surface area (Å²) >= 11 is 0. The van der Waals surface area contributed by atoms with Crippen molar-refractivity contribution in [3.05, 3.63) is 58.4 Å². The first-order valence-corrected chi connectivity index (χ1v) is 7.23. The molecule has 21 heavy (non-hydrogen) atoms. The molecule has 4 heteroatoms. The summed E-state index contributed by atoms with van der Waals surface area (Å²) in [6.07, 6.45) is 0. The lowest BCUT2D eigenvalue weighted by molar-refractivity contribution is 0.0519. The van der Waals surface area contributed by atoms with Crippen molar-refractivity contribution >= 4 is 5.97 Å². The molecular formula is C17H22N2O2. The maximum Gasteiger partial charge on any atom is 0.355 e. The molecule has 0 saturated heterocycles. The van der Waals surface area contributed by atoms with Crippen LogP contribution in [0.2, 0.25) is 0 Å². The fourth-order valence-electron chi connectivity index (χ4n) is 2.39. The van der Waals surface area contributed by atoms with Crippen LogP contribution in [0.4, 0.5) is 0 Å². The summed E-state index contributed by atoms with van der Waals surface area (Å²) in [5.74, 6) is -0.285. The van der Waals surface area contributed by atoms with Crippen LogP contribution in [0.1, 0.15) is 39.8 Å². The van der Waals surface area contributed by atoms with E-state index in [9.17, 15) is 4.79 Å². The Morgan fingerprint density at radius 2 is 1.90 bits per heavy atom. The Balaban J connectivity index is 2.02. The van der Waals surface area contributed by atoms with Crippen LogP contribution in [0, 0.1) is 13.8 Å². The van der Waals surface area contributed by atoms with E-state index >= 15 is 0 Å². The molecule has 0 aliphatic carbocycles. The number of hydrogen-bond acceptors (Lipinski definition) is 3. The smallest absolute Gasteiger partial charge is 0.355 e. The van der Waals surface area contributed by atoms with Crippen molar-refractivity contribution in [3.63, 3.8) is 0 Å². The van der Waals surface area contributed by atoms with Gasteiger partial charge in [-0.2, -0.15) is 0 Å². The Morgan fingerprint density at radius 1 is 1.19 bits per heavy atom. The molecule has 0 spiro atoms. The van der Waals surface area contributed by atoms with Gasteiger partial charge in [0.2, 0.25) is 0 Å². The lowest BCUT2D eigenvalue weighted by Gasteiger charge is -2.06. The molecule has 0 aliphatic heterocycles. The first kappa shape index (κ1) is 15.3. The number of hydrogen-bond donors (Lipinski definition) is 2. The average Bonchev–Trinajstić information content (AvgIpc) is 2.76. The molecule has 112 valence electrons. The van der Waals surface area contributed by atoms with Crippen molar-refractivity contribution in [1.82, 2.24) is 10.3 Å². The highest BCUT2D eigenvalue weighted by Gasteiger charge is 2.17. The van der Waals surface area contributed by atoms with Crippen molar-refractivity contribution in [1.29, 1.82) is 0 Å². The van der Waals surface area contributed by atoms with Gasteiger partial charge < -0.3 is 15.0 Å². The van der Waals surface area contributed by atoms with Gasteiger partial charge in [-0.1, -0.05) is 30.3 Å². The molecule has 4 nitrogen and oxygen atoms in total. The number of aryl methyl sites for hydroxylation is 1. The van der Waals surface area contributed by atoms with Gasteiger partial charge in [-0.05, 0) is 37.5 Å². The molecule has 1 aromatic carbocycles. The highest BCUT2D eigenvalue weighted by Crippen LogP contribution is 2.18. The Labute approximate surface area is 125 Å². The van der Waals surface area contributed by atoms with E-state index < -0.39 is 0 Å². The number of esters is 1. The van der Waals surface area contributed by atoms with Crippen LogP contribution >= 0.6 is 0 Å². The third kappa shape index (κ3) is 3.73. The molecule has 0 radical (unpaired) electrons. The number of ether oxygens (including phenoxy) is 1.